The summed E-state index contributed by atoms with van der Waals surface area (Å²) < 4.78 is 1.60. The summed E-state index contributed by atoms with van der Waals surface area (Å²) in [6.45, 7) is 0. The third-order valence-electron chi connectivity index (χ3n) is 3.54. The molecule has 0 saturated heterocycles. The molecule has 3 heterocycles. The summed E-state index contributed by atoms with van der Waals surface area (Å²) >= 11 is 6.27. The van der Waals surface area contributed by atoms with Crippen LogP contribution in [0.25, 0.3) is 28.3 Å². The van der Waals surface area contributed by atoms with Crippen molar-refractivity contribution in [2.24, 2.45) is 0 Å². The number of fused-ring (bicyclic) bond motifs is 1. The Morgan fingerprint density at radius 1 is 1.00 bits per heavy atom. The van der Waals surface area contributed by atoms with Crippen molar-refractivity contribution in [1.29, 1.82) is 0 Å². The van der Waals surface area contributed by atoms with Crippen LogP contribution in [0.1, 0.15) is 0 Å². The molecule has 2 N–H and O–H groups in total. The van der Waals surface area contributed by atoms with Gasteiger partial charge in [0.25, 0.3) is 0 Å². The fourth-order valence-electron chi connectivity index (χ4n) is 2.46. The minimum absolute atomic E-state index is 0.493. The Morgan fingerprint density at radius 2 is 1.83 bits per heavy atom. The third-order valence-corrected chi connectivity index (χ3v) is 3.87. The summed E-state index contributed by atoms with van der Waals surface area (Å²) in [4.78, 5) is 8.79. The Morgan fingerprint density at radius 3 is 2.61 bits per heavy atom. The van der Waals surface area contributed by atoms with Crippen LogP contribution >= 0.6 is 11.6 Å². The highest BCUT2D eigenvalue weighted by Gasteiger charge is 2.12. The summed E-state index contributed by atoms with van der Waals surface area (Å²) in [6, 6.07) is 17.0. The number of rotatable bonds is 2. The number of aromatic nitrogens is 4. The summed E-state index contributed by atoms with van der Waals surface area (Å²) in [5, 5.41) is 5.09. The van der Waals surface area contributed by atoms with Crippen molar-refractivity contribution >= 4 is 23.1 Å². The highest BCUT2D eigenvalue weighted by molar-refractivity contribution is 6.33. The van der Waals surface area contributed by atoms with E-state index in [1.54, 1.807) is 10.7 Å². The van der Waals surface area contributed by atoms with E-state index in [0.29, 0.717) is 28.0 Å². The molecule has 0 unspecified atom stereocenters. The number of nitrogens with two attached hydrogens (primary N) is 1. The van der Waals surface area contributed by atoms with Gasteiger partial charge < -0.3 is 5.73 Å². The molecule has 0 atom stereocenters. The van der Waals surface area contributed by atoms with Gasteiger partial charge in [-0.2, -0.15) is 4.52 Å². The number of pyridine rings is 2. The van der Waals surface area contributed by atoms with Crippen LogP contribution in [0.4, 0.5) is 5.82 Å². The Labute approximate surface area is 137 Å². The average molecular weight is 322 g/mol. The second-order valence-electron chi connectivity index (χ2n) is 5.07. The maximum absolute atomic E-state index is 6.27. The molecule has 3 aromatic heterocycles. The maximum atomic E-state index is 6.27. The Balaban J connectivity index is 1.90. The van der Waals surface area contributed by atoms with Crippen LogP contribution in [0.2, 0.25) is 5.02 Å². The molecule has 112 valence electrons. The number of hydrogen-bond acceptors (Lipinski definition) is 4. The zero-order valence-electron chi connectivity index (χ0n) is 12.0. The largest absolute Gasteiger partial charge is 0.384 e. The van der Waals surface area contributed by atoms with Gasteiger partial charge in [-0.05, 0) is 35.9 Å². The van der Waals surface area contributed by atoms with E-state index in [9.17, 15) is 0 Å². The highest BCUT2D eigenvalue weighted by Crippen LogP contribution is 2.30. The maximum Gasteiger partial charge on any atom is 0.200 e. The zero-order valence-corrected chi connectivity index (χ0v) is 12.8. The van der Waals surface area contributed by atoms with Gasteiger partial charge in [0.05, 0.1) is 0 Å². The monoisotopic (exact) mass is 321 g/mol. The summed E-state index contributed by atoms with van der Waals surface area (Å²) in [5.41, 5.74) is 9.30. The summed E-state index contributed by atoms with van der Waals surface area (Å²) in [6.07, 6.45) is 1.71. The van der Waals surface area contributed by atoms with E-state index < -0.39 is 0 Å². The van der Waals surface area contributed by atoms with Gasteiger partial charge in [-0.25, -0.2) is 4.98 Å². The molecule has 0 amide bonds. The molecule has 0 aliphatic carbocycles. The first-order chi connectivity index (χ1) is 11.2. The first kappa shape index (κ1) is 13.7. The van der Waals surface area contributed by atoms with Crippen molar-refractivity contribution in [3.63, 3.8) is 0 Å². The zero-order chi connectivity index (χ0) is 15.8. The molecular formula is C17H12ClN5. The standard InChI is InChI=1S/C17H12ClN5/c18-13-6-2-1-5-12(13)11-9-15(19)23-16(10-11)21-17(22-23)14-7-3-4-8-20-14/h1-10H,19H2. The van der Waals surface area contributed by atoms with Crippen molar-refractivity contribution in [3.8, 4) is 22.6 Å². The van der Waals surface area contributed by atoms with E-state index in [0.717, 1.165) is 11.1 Å². The molecule has 0 aliphatic rings. The molecule has 0 radical (unpaired) electrons. The van der Waals surface area contributed by atoms with Crippen LogP contribution in [0, 0.1) is 0 Å². The second-order valence-corrected chi connectivity index (χ2v) is 5.48. The summed E-state index contributed by atoms with van der Waals surface area (Å²) in [7, 11) is 0. The first-order valence-corrected chi connectivity index (χ1v) is 7.43. The SMILES string of the molecule is Nc1cc(-c2ccccc2Cl)cc2nc(-c3ccccn3)nn12. The van der Waals surface area contributed by atoms with Crippen molar-refractivity contribution in [1.82, 2.24) is 19.6 Å². The van der Waals surface area contributed by atoms with Crippen molar-refractivity contribution in [2.45, 2.75) is 0 Å². The lowest BCUT2D eigenvalue weighted by Crippen LogP contribution is -1.99. The average Bonchev–Trinajstić information content (AvgIpc) is 3.01. The molecule has 23 heavy (non-hydrogen) atoms. The Kier molecular flexibility index (Phi) is 3.20. The van der Waals surface area contributed by atoms with Gasteiger partial charge in [0, 0.05) is 16.8 Å². The first-order valence-electron chi connectivity index (χ1n) is 7.05. The number of nitrogens with zero attached hydrogens (tertiary/aromatic N) is 4. The lowest BCUT2D eigenvalue weighted by Gasteiger charge is -2.06. The molecule has 5 nitrogen and oxygen atoms in total. The van der Waals surface area contributed by atoms with Gasteiger partial charge in [-0.15, -0.1) is 5.10 Å². The molecule has 0 fully saturated rings. The number of halogens is 1. The van der Waals surface area contributed by atoms with Crippen LogP contribution in [0.5, 0.6) is 0 Å². The molecule has 6 heteroatoms. The molecular weight excluding hydrogens is 310 g/mol. The van der Waals surface area contributed by atoms with Crippen molar-refractivity contribution < 1.29 is 0 Å². The molecule has 4 aromatic rings. The van der Waals surface area contributed by atoms with Crippen molar-refractivity contribution in [3.05, 3.63) is 65.8 Å². The number of hydrogen-bond donors (Lipinski definition) is 1. The van der Waals surface area contributed by atoms with Gasteiger partial charge in [-0.3, -0.25) is 4.98 Å². The van der Waals surface area contributed by atoms with E-state index in [4.69, 9.17) is 17.3 Å². The minimum atomic E-state index is 0.493. The topological polar surface area (TPSA) is 69.1 Å². The quantitative estimate of drug-likeness (QED) is 0.611. The van der Waals surface area contributed by atoms with Crippen molar-refractivity contribution in [2.75, 3.05) is 5.73 Å². The fourth-order valence-corrected chi connectivity index (χ4v) is 2.71. The normalized spacial score (nSPS) is 11.0. The van der Waals surface area contributed by atoms with Gasteiger partial charge in [-0.1, -0.05) is 35.9 Å². The molecule has 0 aliphatic heterocycles. The van der Waals surface area contributed by atoms with Crippen LogP contribution in [-0.4, -0.2) is 19.6 Å². The Bertz CT molecular complexity index is 994. The van der Waals surface area contributed by atoms with Gasteiger partial charge in [0.15, 0.2) is 5.65 Å². The molecule has 0 bridgehead atoms. The smallest absolute Gasteiger partial charge is 0.200 e. The second kappa shape index (κ2) is 5.37. The van der Waals surface area contributed by atoms with E-state index in [1.165, 1.54) is 0 Å². The lowest BCUT2D eigenvalue weighted by molar-refractivity contribution is 0.975. The Hall–Kier alpha value is -2.92. The molecule has 0 spiro atoms. The van der Waals surface area contributed by atoms with Gasteiger partial charge in [0.2, 0.25) is 5.82 Å². The van der Waals surface area contributed by atoms with E-state index in [-0.39, 0.29) is 0 Å². The fraction of sp³-hybridized carbons (Fsp3) is 0. The number of benzene rings is 1. The van der Waals surface area contributed by atoms with E-state index in [1.807, 2.05) is 54.6 Å². The van der Waals surface area contributed by atoms with E-state index in [2.05, 4.69) is 15.1 Å². The summed E-state index contributed by atoms with van der Waals surface area (Å²) in [5.74, 6) is 1.03. The molecule has 0 saturated carbocycles. The van der Waals surface area contributed by atoms with Gasteiger partial charge >= 0.3 is 0 Å². The molecule has 1 aromatic carbocycles. The number of nitrogen functional groups attached to an aromatic ring is 1. The predicted molar refractivity (Wildman–Crippen MR) is 91.1 cm³/mol. The van der Waals surface area contributed by atoms with E-state index >= 15 is 0 Å². The lowest BCUT2D eigenvalue weighted by atomic mass is 10.1. The van der Waals surface area contributed by atoms with Gasteiger partial charge in [0.1, 0.15) is 11.5 Å². The minimum Gasteiger partial charge on any atom is -0.384 e. The molecule has 4 rings (SSSR count). The van der Waals surface area contributed by atoms with Crippen LogP contribution in [0.3, 0.4) is 0 Å². The highest BCUT2D eigenvalue weighted by atomic mass is 35.5. The third kappa shape index (κ3) is 2.41. The van der Waals surface area contributed by atoms with Crippen LogP contribution in [-0.2, 0) is 0 Å². The van der Waals surface area contributed by atoms with Crippen LogP contribution in [0.15, 0.2) is 60.8 Å². The van der Waals surface area contributed by atoms with Crippen LogP contribution < -0.4 is 5.73 Å². The number of anilines is 1. The predicted octanol–water partition coefficient (Wildman–Crippen LogP) is 3.69.